The van der Waals surface area contributed by atoms with Crippen LogP contribution >= 0.6 is 0 Å². The van der Waals surface area contributed by atoms with Crippen molar-refractivity contribution in [3.63, 3.8) is 0 Å². The largest absolute Gasteiger partial charge is 0.469 e. The summed E-state index contributed by atoms with van der Waals surface area (Å²) < 4.78 is 10.1. The lowest BCUT2D eigenvalue weighted by Crippen LogP contribution is -2.43. The van der Waals surface area contributed by atoms with E-state index < -0.39 is 5.60 Å². The molecule has 0 spiro atoms. The van der Waals surface area contributed by atoms with Crippen molar-refractivity contribution in [3.05, 3.63) is 0 Å². The van der Waals surface area contributed by atoms with Gasteiger partial charge in [0.05, 0.1) is 13.0 Å². The van der Waals surface area contributed by atoms with Crippen molar-refractivity contribution in [3.8, 4) is 0 Å². The van der Waals surface area contributed by atoms with Crippen LogP contribution < -0.4 is 0 Å². The molecule has 110 valence electrons. The van der Waals surface area contributed by atoms with Crippen LogP contribution in [0.15, 0.2) is 0 Å². The molecule has 1 aliphatic rings. The third kappa shape index (κ3) is 4.73. The van der Waals surface area contributed by atoms with Gasteiger partial charge in [-0.2, -0.15) is 0 Å². The van der Waals surface area contributed by atoms with Crippen LogP contribution in [-0.2, 0) is 14.3 Å². The van der Waals surface area contributed by atoms with E-state index in [1.165, 1.54) is 7.11 Å². The minimum absolute atomic E-state index is 0.0488. The molecule has 0 radical (unpaired) electrons. The molecule has 1 rings (SSSR count). The molecular weight excluding hydrogens is 246 g/mol. The first-order chi connectivity index (χ1) is 8.74. The minimum atomic E-state index is -0.498. The SMILES string of the molecule is COC(=O)[C@H]1CCC[C@@H](N(C)C(=O)OC(C)(C)C)C1. The average molecular weight is 271 g/mol. The topological polar surface area (TPSA) is 55.8 Å². The Morgan fingerprint density at radius 2 is 1.84 bits per heavy atom. The molecule has 0 aromatic rings. The van der Waals surface area contributed by atoms with Gasteiger partial charge in [-0.05, 0) is 40.0 Å². The lowest BCUT2D eigenvalue weighted by Gasteiger charge is -2.35. The van der Waals surface area contributed by atoms with Crippen molar-refractivity contribution < 1.29 is 19.1 Å². The quantitative estimate of drug-likeness (QED) is 0.724. The number of nitrogens with zero attached hydrogens (tertiary/aromatic N) is 1. The smallest absolute Gasteiger partial charge is 0.410 e. The van der Waals surface area contributed by atoms with E-state index in [1.807, 2.05) is 20.8 Å². The summed E-state index contributed by atoms with van der Waals surface area (Å²) in [6.07, 6.45) is 3.00. The van der Waals surface area contributed by atoms with Crippen LogP contribution in [0.4, 0.5) is 4.79 Å². The Morgan fingerprint density at radius 3 is 2.37 bits per heavy atom. The van der Waals surface area contributed by atoms with Crippen molar-refractivity contribution in [2.45, 2.75) is 58.1 Å². The van der Waals surface area contributed by atoms with Gasteiger partial charge in [0, 0.05) is 13.1 Å². The van der Waals surface area contributed by atoms with E-state index in [1.54, 1.807) is 11.9 Å². The van der Waals surface area contributed by atoms with Gasteiger partial charge in [0.2, 0.25) is 0 Å². The summed E-state index contributed by atoms with van der Waals surface area (Å²) >= 11 is 0. The zero-order valence-corrected chi connectivity index (χ0v) is 12.6. The Bertz CT molecular complexity index is 335. The molecule has 0 bridgehead atoms. The summed E-state index contributed by atoms with van der Waals surface area (Å²) in [7, 11) is 3.14. The fourth-order valence-electron chi connectivity index (χ4n) is 2.38. The molecule has 0 unspecified atom stereocenters. The number of amides is 1. The van der Waals surface area contributed by atoms with Crippen molar-refractivity contribution >= 4 is 12.1 Å². The predicted molar refractivity (Wildman–Crippen MR) is 71.8 cm³/mol. The van der Waals surface area contributed by atoms with Gasteiger partial charge < -0.3 is 14.4 Å². The number of hydrogen-bond donors (Lipinski definition) is 0. The Kier molecular flexibility index (Phi) is 5.20. The lowest BCUT2D eigenvalue weighted by molar-refractivity contribution is -0.147. The highest BCUT2D eigenvalue weighted by Gasteiger charge is 2.33. The molecule has 0 aromatic heterocycles. The van der Waals surface area contributed by atoms with Gasteiger partial charge in [-0.3, -0.25) is 4.79 Å². The first-order valence-electron chi connectivity index (χ1n) is 6.78. The number of rotatable bonds is 2. The zero-order valence-electron chi connectivity index (χ0n) is 12.6. The molecule has 2 atom stereocenters. The van der Waals surface area contributed by atoms with E-state index in [2.05, 4.69) is 0 Å². The molecule has 0 heterocycles. The fraction of sp³-hybridized carbons (Fsp3) is 0.857. The maximum Gasteiger partial charge on any atom is 0.410 e. The molecule has 5 nitrogen and oxygen atoms in total. The highest BCUT2D eigenvalue weighted by atomic mass is 16.6. The molecule has 0 aliphatic heterocycles. The molecule has 1 saturated carbocycles. The van der Waals surface area contributed by atoms with Gasteiger partial charge in [0.1, 0.15) is 5.60 Å². The van der Waals surface area contributed by atoms with Crippen molar-refractivity contribution in [1.82, 2.24) is 4.90 Å². The molecular formula is C14H25NO4. The second-order valence-electron chi connectivity index (χ2n) is 6.13. The van der Waals surface area contributed by atoms with E-state index in [4.69, 9.17) is 9.47 Å². The molecule has 5 heteroatoms. The van der Waals surface area contributed by atoms with Gasteiger partial charge in [-0.25, -0.2) is 4.79 Å². The number of methoxy groups -OCH3 is 1. The molecule has 1 amide bonds. The number of carbonyl (C=O) groups is 2. The van der Waals surface area contributed by atoms with Crippen LogP contribution in [0.3, 0.4) is 0 Å². The van der Waals surface area contributed by atoms with Crippen molar-refractivity contribution in [2.24, 2.45) is 5.92 Å². The van der Waals surface area contributed by atoms with E-state index in [0.717, 1.165) is 19.3 Å². The predicted octanol–water partition coefficient (Wildman–Crippen LogP) is 2.59. The maximum absolute atomic E-state index is 12.0. The Labute approximate surface area is 115 Å². The highest BCUT2D eigenvalue weighted by molar-refractivity contribution is 5.73. The Hall–Kier alpha value is -1.26. The summed E-state index contributed by atoms with van der Waals surface area (Å²) in [4.78, 5) is 25.2. The van der Waals surface area contributed by atoms with Crippen LogP contribution in [0.5, 0.6) is 0 Å². The van der Waals surface area contributed by atoms with Crippen molar-refractivity contribution in [2.75, 3.05) is 14.2 Å². The van der Waals surface area contributed by atoms with E-state index in [9.17, 15) is 9.59 Å². The van der Waals surface area contributed by atoms with Crippen LogP contribution in [0.25, 0.3) is 0 Å². The van der Waals surface area contributed by atoms with Crippen LogP contribution in [0, 0.1) is 5.92 Å². The summed E-state index contributed by atoms with van der Waals surface area (Å²) in [5.74, 6) is -0.282. The van der Waals surface area contributed by atoms with E-state index in [0.29, 0.717) is 6.42 Å². The number of carbonyl (C=O) groups excluding carboxylic acids is 2. The normalized spacial score (nSPS) is 23.6. The average Bonchev–Trinajstić information content (AvgIpc) is 2.35. The Balaban J connectivity index is 2.59. The highest BCUT2D eigenvalue weighted by Crippen LogP contribution is 2.28. The lowest BCUT2D eigenvalue weighted by atomic mass is 9.85. The van der Waals surface area contributed by atoms with Crippen LogP contribution in [-0.4, -0.2) is 42.8 Å². The second kappa shape index (κ2) is 6.26. The summed E-state index contributed by atoms with van der Waals surface area (Å²) in [6, 6.07) is 0.0488. The molecule has 0 N–H and O–H groups in total. The van der Waals surface area contributed by atoms with E-state index in [-0.39, 0.29) is 24.0 Å². The fourth-order valence-corrected chi connectivity index (χ4v) is 2.38. The monoisotopic (exact) mass is 271 g/mol. The van der Waals surface area contributed by atoms with Gasteiger partial charge in [-0.15, -0.1) is 0 Å². The molecule has 0 aromatic carbocycles. The standard InChI is InChI=1S/C14H25NO4/c1-14(2,3)19-13(17)15(4)11-8-6-7-10(9-11)12(16)18-5/h10-11H,6-9H2,1-5H3/t10-,11+/m0/s1. The molecule has 0 saturated heterocycles. The number of ether oxygens (including phenoxy) is 2. The first kappa shape index (κ1) is 15.8. The third-order valence-electron chi connectivity index (χ3n) is 3.41. The van der Waals surface area contributed by atoms with Gasteiger partial charge >= 0.3 is 12.1 Å². The van der Waals surface area contributed by atoms with Crippen LogP contribution in [0.2, 0.25) is 0 Å². The van der Waals surface area contributed by atoms with Gasteiger partial charge in [-0.1, -0.05) is 6.42 Å². The van der Waals surface area contributed by atoms with Gasteiger partial charge in [0.25, 0.3) is 0 Å². The van der Waals surface area contributed by atoms with Gasteiger partial charge in [0.15, 0.2) is 0 Å². The van der Waals surface area contributed by atoms with Crippen LogP contribution in [0.1, 0.15) is 46.5 Å². The summed E-state index contributed by atoms with van der Waals surface area (Å²) in [5, 5.41) is 0. The Morgan fingerprint density at radius 1 is 1.21 bits per heavy atom. The third-order valence-corrected chi connectivity index (χ3v) is 3.41. The van der Waals surface area contributed by atoms with E-state index >= 15 is 0 Å². The molecule has 1 fully saturated rings. The minimum Gasteiger partial charge on any atom is -0.469 e. The maximum atomic E-state index is 12.0. The molecule has 1 aliphatic carbocycles. The first-order valence-corrected chi connectivity index (χ1v) is 6.78. The number of hydrogen-bond acceptors (Lipinski definition) is 4. The summed E-state index contributed by atoms with van der Waals surface area (Å²) in [5.41, 5.74) is -0.498. The van der Waals surface area contributed by atoms with Crippen molar-refractivity contribution in [1.29, 1.82) is 0 Å². The second-order valence-corrected chi connectivity index (χ2v) is 6.13. The molecule has 19 heavy (non-hydrogen) atoms. The zero-order chi connectivity index (χ0) is 14.6. The summed E-state index contributed by atoms with van der Waals surface area (Å²) in [6.45, 7) is 5.53. The number of esters is 1.